The van der Waals surface area contributed by atoms with Crippen molar-refractivity contribution in [2.45, 2.75) is 50.9 Å². The van der Waals surface area contributed by atoms with Crippen molar-refractivity contribution in [3.8, 4) is 5.75 Å². The van der Waals surface area contributed by atoms with E-state index in [0.29, 0.717) is 36.4 Å². The number of ether oxygens (including phenoxy) is 2. The largest absolute Gasteiger partial charge is 0.490 e. The molecule has 2 aliphatic heterocycles. The van der Waals surface area contributed by atoms with Crippen LogP contribution in [0, 0.1) is 5.82 Å². The molecule has 0 aromatic heterocycles. The molecule has 0 spiro atoms. The summed E-state index contributed by atoms with van der Waals surface area (Å²) in [4.78, 5) is 39.6. The molecular weight excluding hydrogens is 453 g/mol. The zero-order chi connectivity index (χ0) is 24.9. The Hall–Kier alpha value is -3.46. The number of nitrogens with zero attached hydrogens (tertiary/aromatic N) is 1. The molecule has 0 bridgehead atoms. The topological polar surface area (TPSA) is 97.0 Å². The van der Waals surface area contributed by atoms with Gasteiger partial charge < -0.3 is 25.0 Å². The van der Waals surface area contributed by atoms with Crippen LogP contribution in [0.1, 0.15) is 53.3 Å². The first-order valence-electron chi connectivity index (χ1n) is 11.9. The van der Waals surface area contributed by atoms with E-state index in [9.17, 15) is 18.8 Å². The van der Waals surface area contributed by atoms with Gasteiger partial charge in [-0.05, 0) is 55.7 Å². The minimum Gasteiger partial charge on any atom is -0.490 e. The molecule has 3 amide bonds. The quantitative estimate of drug-likeness (QED) is 0.657. The monoisotopic (exact) mass is 483 g/mol. The van der Waals surface area contributed by atoms with Crippen molar-refractivity contribution < 1.29 is 28.2 Å². The van der Waals surface area contributed by atoms with Crippen LogP contribution in [-0.4, -0.2) is 61.1 Å². The average molecular weight is 484 g/mol. The second kappa shape index (κ2) is 10.9. The lowest BCUT2D eigenvalue weighted by molar-refractivity contribution is -0.134. The first-order valence-corrected chi connectivity index (χ1v) is 11.9. The van der Waals surface area contributed by atoms with Crippen molar-refractivity contribution in [1.82, 2.24) is 10.2 Å². The maximum Gasteiger partial charge on any atom is 0.257 e. The van der Waals surface area contributed by atoms with Crippen molar-refractivity contribution in [3.63, 3.8) is 0 Å². The summed E-state index contributed by atoms with van der Waals surface area (Å²) >= 11 is 0. The lowest BCUT2D eigenvalue weighted by atomic mass is 9.94. The summed E-state index contributed by atoms with van der Waals surface area (Å²) < 4.78 is 25.6. The Balaban J connectivity index is 1.47. The lowest BCUT2D eigenvalue weighted by Crippen LogP contribution is -2.54. The number of carbonyl (C=O) groups is 3. The lowest BCUT2D eigenvalue weighted by Gasteiger charge is -2.42. The highest BCUT2D eigenvalue weighted by Crippen LogP contribution is 2.32. The number of likely N-dealkylation sites (N-methyl/N-ethyl adjacent to an activating group) is 1. The minimum atomic E-state index is -0.505. The fourth-order valence-electron chi connectivity index (χ4n) is 4.48. The Morgan fingerprint density at radius 1 is 1.17 bits per heavy atom. The summed E-state index contributed by atoms with van der Waals surface area (Å²) in [5.74, 6) is -0.889. The molecule has 1 saturated heterocycles. The number of fused-ring (bicyclic) bond motifs is 2. The Labute approximate surface area is 203 Å². The predicted octanol–water partition coefficient (Wildman–Crippen LogP) is 3.37. The third kappa shape index (κ3) is 5.79. The highest BCUT2D eigenvalue weighted by atomic mass is 19.1. The van der Waals surface area contributed by atoms with E-state index >= 15 is 0 Å². The molecule has 1 fully saturated rings. The number of hydrogen-bond acceptors (Lipinski definition) is 5. The van der Waals surface area contributed by atoms with Gasteiger partial charge in [-0.2, -0.15) is 0 Å². The van der Waals surface area contributed by atoms with Gasteiger partial charge in [0.1, 0.15) is 24.3 Å². The summed E-state index contributed by atoms with van der Waals surface area (Å²) in [6.45, 7) is 2.87. The first-order chi connectivity index (χ1) is 16.9. The molecule has 2 heterocycles. The van der Waals surface area contributed by atoms with Gasteiger partial charge in [0, 0.05) is 24.8 Å². The zero-order valence-corrected chi connectivity index (χ0v) is 19.9. The smallest absolute Gasteiger partial charge is 0.257 e. The van der Waals surface area contributed by atoms with Crippen LogP contribution in [0.4, 0.5) is 10.1 Å². The maximum atomic E-state index is 13.5. The van der Waals surface area contributed by atoms with Crippen LogP contribution in [-0.2, 0) is 9.53 Å². The van der Waals surface area contributed by atoms with E-state index in [1.165, 1.54) is 18.2 Å². The van der Waals surface area contributed by atoms with Crippen LogP contribution in [0.3, 0.4) is 0 Å². The van der Waals surface area contributed by atoms with Crippen LogP contribution in [0.2, 0.25) is 0 Å². The number of nitrogens with one attached hydrogen (secondary N) is 2. The molecule has 2 aliphatic rings. The summed E-state index contributed by atoms with van der Waals surface area (Å²) in [5.41, 5.74) is 0.902. The molecule has 3 atom stereocenters. The van der Waals surface area contributed by atoms with E-state index in [1.807, 2.05) is 6.92 Å². The fraction of sp³-hybridized carbons (Fsp3) is 0.423. The van der Waals surface area contributed by atoms with E-state index in [0.717, 1.165) is 12.5 Å². The summed E-state index contributed by atoms with van der Waals surface area (Å²) in [7, 11) is 1.73. The van der Waals surface area contributed by atoms with Gasteiger partial charge in [0.25, 0.3) is 11.8 Å². The number of benzene rings is 2. The third-order valence-electron chi connectivity index (χ3n) is 6.34. The number of rotatable bonds is 6. The van der Waals surface area contributed by atoms with Crippen LogP contribution in [0.15, 0.2) is 42.5 Å². The molecular formula is C26H30FN3O5. The maximum absolute atomic E-state index is 13.5. The van der Waals surface area contributed by atoms with E-state index in [-0.39, 0.29) is 48.7 Å². The second-order valence-corrected chi connectivity index (χ2v) is 8.90. The first kappa shape index (κ1) is 24.7. The van der Waals surface area contributed by atoms with Gasteiger partial charge in [0.05, 0.1) is 24.1 Å². The SMILES string of the molecule is CCCNC(=O)C[C@H]1CC[C@@H]2[C@@H](COc3ccc(NC(=O)c4cccc(F)c4)cc3C(=O)N2C)O1. The van der Waals surface area contributed by atoms with Crippen LogP contribution >= 0.6 is 0 Å². The summed E-state index contributed by atoms with van der Waals surface area (Å²) in [6.07, 6.45) is 1.92. The Kier molecular flexibility index (Phi) is 7.65. The van der Waals surface area contributed by atoms with Gasteiger partial charge in [-0.3, -0.25) is 14.4 Å². The molecule has 0 aliphatic carbocycles. The van der Waals surface area contributed by atoms with Gasteiger partial charge in [-0.25, -0.2) is 4.39 Å². The number of carbonyl (C=O) groups excluding carboxylic acids is 3. The minimum absolute atomic E-state index is 0.0374. The number of halogens is 1. The number of hydrogen-bond donors (Lipinski definition) is 2. The number of amides is 3. The normalized spacial score (nSPS) is 21.6. The molecule has 2 aromatic carbocycles. The van der Waals surface area contributed by atoms with Gasteiger partial charge in [-0.1, -0.05) is 13.0 Å². The van der Waals surface area contributed by atoms with E-state index in [4.69, 9.17) is 9.47 Å². The molecule has 2 aromatic rings. The molecule has 2 N–H and O–H groups in total. The molecule has 35 heavy (non-hydrogen) atoms. The molecule has 8 nitrogen and oxygen atoms in total. The van der Waals surface area contributed by atoms with Crippen LogP contribution < -0.4 is 15.4 Å². The molecule has 186 valence electrons. The Morgan fingerprint density at radius 3 is 2.77 bits per heavy atom. The van der Waals surface area contributed by atoms with Crippen molar-refractivity contribution in [2.24, 2.45) is 0 Å². The zero-order valence-electron chi connectivity index (χ0n) is 19.9. The van der Waals surface area contributed by atoms with Crippen LogP contribution in [0.5, 0.6) is 5.75 Å². The van der Waals surface area contributed by atoms with Crippen molar-refractivity contribution >= 4 is 23.4 Å². The van der Waals surface area contributed by atoms with Crippen molar-refractivity contribution in [2.75, 3.05) is 25.5 Å². The summed E-state index contributed by atoms with van der Waals surface area (Å²) in [5, 5.41) is 5.58. The van der Waals surface area contributed by atoms with Gasteiger partial charge in [0.2, 0.25) is 5.91 Å². The molecule has 0 radical (unpaired) electrons. The van der Waals surface area contributed by atoms with E-state index in [2.05, 4.69) is 10.6 Å². The molecule has 4 rings (SSSR count). The number of anilines is 1. The highest BCUT2D eigenvalue weighted by Gasteiger charge is 2.39. The fourth-order valence-corrected chi connectivity index (χ4v) is 4.48. The van der Waals surface area contributed by atoms with E-state index in [1.54, 1.807) is 30.1 Å². The van der Waals surface area contributed by atoms with Crippen molar-refractivity contribution in [3.05, 3.63) is 59.4 Å². The van der Waals surface area contributed by atoms with Crippen molar-refractivity contribution in [1.29, 1.82) is 0 Å². The molecule has 9 heteroatoms. The van der Waals surface area contributed by atoms with Gasteiger partial charge in [-0.15, -0.1) is 0 Å². The average Bonchev–Trinajstić information content (AvgIpc) is 2.85. The summed E-state index contributed by atoms with van der Waals surface area (Å²) in [6, 6.07) is 10.0. The second-order valence-electron chi connectivity index (χ2n) is 8.90. The standard InChI is InChI=1S/C26H30FN3O5/c1-3-11-28-24(31)14-19-8-9-21-23(35-19)15-34-22-10-7-18(13-20(22)26(33)30(21)2)29-25(32)16-5-4-6-17(27)12-16/h4-7,10,12-13,19,21,23H,3,8-9,11,14-15H2,1-2H3,(H,28,31)(H,29,32)/t19-,21-,23-/m1/s1. The molecule has 0 saturated carbocycles. The Morgan fingerprint density at radius 2 is 2.00 bits per heavy atom. The molecule has 0 unspecified atom stereocenters. The van der Waals surface area contributed by atoms with E-state index < -0.39 is 11.7 Å². The van der Waals surface area contributed by atoms with Gasteiger partial charge >= 0.3 is 0 Å². The van der Waals surface area contributed by atoms with Gasteiger partial charge in [0.15, 0.2) is 0 Å². The third-order valence-corrected chi connectivity index (χ3v) is 6.34. The highest BCUT2D eigenvalue weighted by molar-refractivity contribution is 6.05. The van der Waals surface area contributed by atoms with Crippen LogP contribution in [0.25, 0.3) is 0 Å². The Bertz CT molecular complexity index is 1110. The predicted molar refractivity (Wildman–Crippen MR) is 128 cm³/mol.